The predicted octanol–water partition coefficient (Wildman–Crippen LogP) is 1.64. The van der Waals surface area contributed by atoms with Crippen LogP contribution in [0.1, 0.15) is 12.0 Å². The number of ether oxygens (including phenoxy) is 1. The molecule has 1 aromatic carbocycles. The molecule has 0 aromatic heterocycles. The van der Waals surface area contributed by atoms with E-state index in [0.29, 0.717) is 6.04 Å². The summed E-state index contributed by atoms with van der Waals surface area (Å²) in [7, 11) is 2.06. The summed E-state index contributed by atoms with van der Waals surface area (Å²) in [5, 5.41) is 3.44. The minimum absolute atomic E-state index is 0.164. The topological polar surface area (TPSA) is 24.5 Å². The zero-order valence-corrected chi connectivity index (χ0v) is 10.9. The normalized spacial score (nSPS) is 20.3. The molecule has 1 N–H and O–H groups in total. The van der Waals surface area contributed by atoms with Crippen LogP contribution in [0, 0.1) is 5.82 Å². The molecule has 0 aliphatic carbocycles. The van der Waals surface area contributed by atoms with Crippen LogP contribution in [0.15, 0.2) is 24.3 Å². The second kappa shape index (κ2) is 6.83. The fourth-order valence-electron chi connectivity index (χ4n) is 2.21. The monoisotopic (exact) mass is 252 g/mol. The van der Waals surface area contributed by atoms with Crippen molar-refractivity contribution in [2.24, 2.45) is 0 Å². The Hall–Kier alpha value is -0.970. The summed E-state index contributed by atoms with van der Waals surface area (Å²) in [6.07, 6.45) is 1.06. The van der Waals surface area contributed by atoms with E-state index >= 15 is 0 Å². The summed E-state index contributed by atoms with van der Waals surface area (Å²) < 4.78 is 18.5. The zero-order valence-electron chi connectivity index (χ0n) is 10.9. The number of hydrogen-bond donors (Lipinski definition) is 1. The van der Waals surface area contributed by atoms with Crippen LogP contribution in [0.3, 0.4) is 0 Å². The van der Waals surface area contributed by atoms with Crippen LogP contribution in [-0.4, -0.2) is 44.3 Å². The van der Waals surface area contributed by atoms with Gasteiger partial charge in [0, 0.05) is 19.1 Å². The van der Waals surface area contributed by atoms with Gasteiger partial charge in [0.1, 0.15) is 5.82 Å². The molecule has 0 saturated carbocycles. The van der Waals surface area contributed by atoms with Crippen LogP contribution in [0.5, 0.6) is 0 Å². The van der Waals surface area contributed by atoms with Gasteiger partial charge in [-0.1, -0.05) is 12.1 Å². The van der Waals surface area contributed by atoms with Crippen LogP contribution >= 0.6 is 0 Å². The van der Waals surface area contributed by atoms with Crippen LogP contribution in [-0.2, 0) is 11.3 Å². The van der Waals surface area contributed by atoms with E-state index in [1.165, 1.54) is 6.07 Å². The highest BCUT2D eigenvalue weighted by Gasteiger charge is 2.13. The molecule has 1 saturated heterocycles. The summed E-state index contributed by atoms with van der Waals surface area (Å²) in [5.41, 5.74) is 1.02. The third kappa shape index (κ3) is 4.37. The number of nitrogens with one attached hydrogen (secondary N) is 1. The molecule has 1 aliphatic heterocycles. The Morgan fingerprint density at radius 2 is 2.39 bits per heavy atom. The van der Waals surface area contributed by atoms with Gasteiger partial charge in [-0.2, -0.15) is 0 Å². The van der Waals surface area contributed by atoms with E-state index in [4.69, 9.17) is 4.74 Å². The lowest BCUT2D eigenvalue weighted by atomic mass is 10.1. The maximum atomic E-state index is 13.0. The molecule has 1 aliphatic rings. The molecule has 1 heterocycles. The number of nitrogens with zero attached hydrogens (tertiary/aromatic N) is 1. The van der Waals surface area contributed by atoms with E-state index in [0.717, 1.165) is 44.8 Å². The lowest BCUT2D eigenvalue weighted by molar-refractivity contribution is 0.0708. The molecule has 0 radical (unpaired) electrons. The van der Waals surface area contributed by atoms with E-state index < -0.39 is 0 Å². The van der Waals surface area contributed by atoms with Gasteiger partial charge in [0.2, 0.25) is 0 Å². The number of halogens is 1. The molecule has 1 atom stereocenters. The summed E-state index contributed by atoms with van der Waals surface area (Å²) in [5.74, 6) is -0.164. The van der Waals surface area contributed by atoms with Crippen molar-refractivity contribution < 1.29 is 9.13 Å². The van der Waals surface area contributed by atoms with Crippen molar-refractivity contribution in [3.05, 3.63) is 35.6 Å². The second-order valence-corrected chi connectivity index (χ2v) is 4.88. The minimum Gasteiger partial charge on any atom is -0.379 e. The molecule has 0 spiro atoms. The first-order valence-electron chi connectivity index (χ1n) is 6.48. The quantitative estimate of drug-likeness (QED) is 0.862. The van der Waals surface area contributed by atoms with Gasteiger partial charge in [-0.3, -0.25) is 0 Å². The highest BCUT2D eigenvalue weighted by atomic mass is 19.1. The Morgan fingerprint density at radius 1 is 1.50 bits per heavy atom. The molecule has 4 heteroatoms. The Bertz CT molecular complexity index is 367. The van der Waals surface area contributed by atoms with Gasteiger partial charge in [-0.05, 0) is 37.7 Å². The maximum absolute atomic E-state index is 13.0. The molecule has 1 aromatic rings. The highest BCUT2D eigenvalue weighted by molar-refractivity contribution is 5.15. The SMILES string of the molecule is CN(CCC1COCCN1)Cc1cccc(F)c1. The molecular formula is C14H21FN2O. The van der Waals surface area contributed by atoms with Crippen molar-refractivity contribution >= 4 is 0 Å². The summed E-state index contributed by atoms with van der Waals surface area (Å²) in [6.45, 7) is 4.32. The first-order valence-corrected chi connectivity index (χ1v) is 6.48. The second-order valence-electron chi connectivity index (χ2n) is 4.88. The average molecular weight is 252 g/mol. The van der Waals surface area contributed by atoms with Crippen LogP contribution in [0.4, 0.5) is 4.39 Å². The van der Waals surface area contributed by atoms with Gasteiger partial charge in [0.15, 0.2) is 0 Å². The predicted molar refractivity (Wildman–Crippen MR) is 70.0 cm³/mol. The van der Waals surface area contributed by atoms with Crippen LogP contribution < -0.4 is 5.32 Å². The van der Waals surface area contributed by atoms with Gasteiger partial charge in [0.05, 0.1) is 13.2 Å². The molecule has 3 nitrogen and oxygen atoms in total. The van der Waals surface area contributed by atoms with E-state index in [1.54, 1.807) is 12.1 Å². The van der Waals surface area contributed by atoms with Crippen molar-refractivity contribution in [2.75, 3.05) is 33.4 Å². The zero-order chi connectivity index (χ0) is 12.8. The number of morpholine rings is 1. The molecule has 0 amide bonds. The molecule has 0 bridgehead atoms. The van der Waals surface area contributed by atoms with Gasteiger partial charge in [-0.15, -0.1) is 0 Å². The van der Waals surface area contributed by atoms with Gasteiger partial charge in [-0.25, -0.2) is 4.39 Å². The Balaban J connectivity index is 1.72. The van der Waals surface area contributed by atoms with Crippen molar-refractivity contribution in [1.29, 1.82) is 0 Å². The summed E-state index contributed by atoms with van der Waals surface area (Å²) >= 11 is 0. The number of hydrogen-bond acceptors (Lipinski definition) is 3. The molecule has 1 fully saturated rings. The fourth-order valence-corrected chi connectivity index (χ4v) is 2.21. The van der Waals surface area contributed by atoms with Crippen molar-refractivity contribution in [1.82, 2.24) is 10.2 Å². The first kappa shape index (κ1) is 13.5. The smallest absolute Gasteiger partial charge is 0.123 e. The average Bonchev–Trinajstić information content (AvgIpc) is 2.38. The Labute approximate surface area is 108 Å². The van der Waals surface area contributed by atoms with Crippen molar-refractivity contribution in [3.8, 4) is 0 Å². The van der Waals surface area contributed by atoms with Crippen LogP contribution in [0.25, 0.3) is 0 Å². The lowest BCUT2D eigenvalue weighted by Gasteiger charge is -2.26. The molecule has 100 valence electrons. The first-order chi connectivity index (χ1) is 8.74. The maximum Gasteiger partial charge on any atom is 0.123 e. The third-order valence-corrected chi connectivity index (χ3v) is 3.20. The standard InChI is InChI=1S/C14H21FN2O/c1-17(7-5-14-11-18-8-6-16-14)10-12-3-2-4-13(15)9-12/h2-4,9,14,16H,5-8,10-11H2,1H3. The fraction of sp³-hybridized carbons (Fsp3) is 0.571. The third-order valence-electron chi connectivity index (χ3n) is 3.20. The van der Waals surface area contributed by atoms with E-state index in [-0.39, 0.29) is 5.82 Å². The van der Waals surface area contributed by atoms with E-state index in [1.807, 2.05) is 6.07 Å². The van der Waals surface area contributed by atoms with E-state index in [9.17, 15) is 4.39 Å². The van der Waals surface area contributed by atoms with Gasteiger partial charge in [0.25, 0.3) is 0 Å². The lowest BCUT2D eigenvalue weighted by Crippen LogP contribution is -2.42. The number of rotatable bonds is 5. The van der Waals surface area contributed by atoms with Crippen molar-refractivity contribution in [2.45, 2.75) is 19.0 Å². The van der Waals surface area contributed by atoms with Gasteiger partial charge < -0.3 is 15.0 Å². The largest absolute Gasteiger partial charge is 0.379 e. The molecule has 2 rings (SSSR count). The molecule has 1 unspecified atom stereocenters. The molecular weight excluding hydrogens is 231 g/mol. The number of benzene rings is 1. The summed E-state index contributed by atoms with van der Waals surface area (Å²) in [4.78, 5) is 2.21. The van der Waals surface area contributed by atoms with Crippen molar-refractivity contribution in [3.63, 3.8) is 0 Å². The van der Waals surface area contributed by atoms with E-state index in [2.05, 4.69) is 17.3 Å². The minimum atomic E-state index is -0.164. The Morgan fingerprint density at radius 3 is 3.11 bits per heavy atom. The molecule has 18 heavy (non-hydrogen) atoms. The highest BCUT2D eigenvalue weighted by Crippen LogP contribution is 2.07. The summed E-state index contributed by atoms with van der Waals surface area (Å²) in [6, 6.07) is 7.25. The van der Waals surface area contributed by atoms with Gasteiger partial charge >= 0.3 is 0 Å². The van der Waals surface area contributed by atoms with Crippen LogP contribution in [0.2, 0.25) is 0 Å². The Kier molecular flexibility index (Phi) is 5.11.